The molecule has 1 aromatic heterocycles. The van der Waals surface area contributed by atoms with Crippen LogP contribution >= 0.6 is 0 Å². The zero-order valence-corrected chi connectivity index (χ0v) is 15.4. The van der Waals surface area contributed by atoms with Crippen LogP contribution in [0.4, 0.5) is 0 Å². The summed E-state index contributed by atoms with van der Waals surface area (Å²) in [6.07, 6.45) is 5.07. The van der Waals surface area contributed by atoms with Gasteiger partial charge >= 0.3 is 0 Å². The molecule has 4 nitrogen and oxygen atoms in total. The second-order valence-electron chi connectivity index (χ2n) is 7.39. The number of rotatable bonds is 5. The highest BCUT2D eigenvalue weighted by Gasteiger charge is 2.19. The molecule has 4 heteroatoms. The van der Waals surface area contributed by atoms with Crippen molar-refractivity contribution in [1.29, 1.82) is 0 Å². The van der Waals surface area contributed by atoms with Gasteiger partial charge in [0.25, 0.3) is 5.91 Å². The number of nitrogens with one attached hydrogen (secondary N) is 2. The fourth-order valence-electron chi connectivity index (χ4n) is 4.09. The topological polar surface area (TPSA) is 46.7 Å². The van der Waals surface area contributed by atoms with Crippen LogP contribution in [0.25, 0.3) is 21.7 Å². The molecule has 1 fully saturated rings. The van der Waals surface area contributed by atoms with Crippen molar-refractivity contribution in [3.05, 3.63) is 47.7 Å². The van der Waals surface area contributed by atoms with Gasteiger partial charge in [-0.2, -0.15) is 0 Å². The molecule has 0 aliphatic carbocycles. The first kappa shape index (κ1) is 17.1. The Morgan fingerprint density at radius 3 is 2.73 bits per heavy atom. The van der Waals surface area contributed by atoms with Crippen molar-refractivity contribution < 1.29 is 14.1 Å². The SMILES string of the molecule is Cc1c(C(=O)NCCC[NH+]2CCCCC2)oc2c1ccc1ccccc12. The van der Waals surface area contributed by atoms with E-state index in [9.17, 15) is 4.79 Å². The van der Waals surface area contributed by atoms with Gasteiger partial charge in [0.15, 0.2) is 5.76 Å². The lowest BCUT2D eigenvalue weighted by Crippen LogP contribution is -3.12. The van der Waals surface area contributed by atoms with E-state index < -0.39 is 0 Å². The maximum absolute atomic E-state index is 12.6. The van der Waals surface area contributed by atoms with Gasteiger partial charge in [0.1, 0.15) is 5.58 Å². The van der Waals surface area contributed by atoms with Gasteiger partial charge in [-0.15, -0.1) is 0 Å². The summed E-state index contributed by atoms with van der Waals surface area (Å²) in [6, 6.07) is 12.3. The fourth-order valence-corrected chi connectivity index (χ4v) is 4.09. The van der Waals surface area contributed by atoms with E-state index in [0.29, 0.717) is 12.3 Å². The first-order chi connectivity index (χ1) is 12.7. The van der Waals surface area contributed by atoms with Crippen molar-refractivity contribution in [1.82, 2.24) is 5.32 Å². The van der Waals surface area contributed by atoms with E-state index in [-0.39, 0.29) is 5.91 Å². The monoisotopic (exact) mass is 351 g/mol. The minimum Gasteiger partial charge on any atom is -0.450 e. The molecule has 26 heavy (non-hydrogen) atoms. The van der Waals surface area contributed by atoms with Crippen LogP contribution in [-0.4, -0.2) is 32.1 Å². The lowest BCUT2D eigenvalue weighted by Gasteiger charge is -2.23. The fraction of sp³-hybridized carbons (Fsp3) is 0.409. The van der Waals surface area contributed by atoms with Crippen LogP contribution in [-0.2, 0) is 0 Å². The van der Waals surface area contributed by atoms with Gasteiger partial charge in [-0.3, -0.25) is 4.79 Å². The number of piperidine rings is 1. The number of benzene rings is 2. The Morgan fingerprint density at radius 2 is 1.88 bits per heavy atom. The number of amides is 1. The minimum atomic E-state index is -0.101. The largest absolute Gasteiger partial charge is 0.450 e. The second-order valence-corrected chi connectivity index (χ2v) is 7.39. The molecule has 2 N–H and O–H groups in total. The van der Waals surface area contributed by atoms with E-state index >= 15 is 0 Å². The van der Waals surface area contributed by atoms with E-state index in [2.05, 4.69) is 17.4 Å². The average Bonchev–Trinajstić information content (AvgIpc) is 3.03. The Labute approximate surface area is 154 Å². The number of likely N-dealkylation sites (tertiary alicyclic amines) is 1. The molecule has 2 aromatic carbocycles. The highest BCUT2D eigenvalue weighted by Crippen LogP contribution is 2.31. The predicted molar refractivity (Wildman–Crippen MR) is 105 cm³/mol. The molecule has 2 heterocycles. The number of hydrogen-bond donors (Lipinski definition) is 2. The van der Waals surface area contributed by atoms with Crippen LogP contribution in [0.5, 0.6) is 0 Å². The number of carbonyl (C=O) groups is 1. The van der Waals surface area contributed by atoms with Crippen molar-refractivity contribution in [2.45, 2.75) is 32.6 Å². The average molecular weight is 351 g/mol. The van der Waals surface area contributed by atoms with Gasteiger partial charge in [0, 0.05) is 29.3 Å². The van der Waals surface area contributed by atoms with E-state index in [1.165, 1.54) is 32.4 Å². The smallest absolute Gasteiger partial charge is 0.287 e. The lowest BCUT2D eigenvalue weighted by atomic mass is 10.1. The highest BCUT2D eigenvalue weighted by molar-refractivity contribution is 6.08. The third kappa shape index (κ3) is 3.34. The second kappa shape index (κ2) is 7.50. The summed E-state index contributed by atoms with van der Waals surface area (Å²) in [6.45, 7) is 6.38. The Balaban J connectivity index is 1.44. The van der Waals surface area contributed by atoms with Crippen LogP contribution in [0.2, 0.25) is 0 Å². The van der Waals surface area contributed by atoms with Crippen molar-refractivity contribution in [2.24, 2.45) is 0 Å². The molecule has 0 spiro atoms. The van der Waals surface area contributed by atoms with Gasteiger partial charge in [-0.1, -0.05) is 36.4 Å². The minimum absolute atomic E-state index is 0.101. The number of carbonyl (C=O) groups excluding carboxylic acids is 1. The van der Waals surface area contributed by atoms with Crippen LogP contribution in [0.3, 0.4) is 0 Å². The van der Waals surface area contributed by atoms with Crippen molar-refractivity contribution in [3.63, 3.8) is 0 Å². The number of fused-ring (bicyclic) bond motifs is 3. The Kier molecular flexibility index (Phi) is 4.93. The zero-order valence-electron chi connectivity index (χ0n) is 15.4. The molecular formula is C22H27N2O2+. The van der Waals surface area contributed by atoms with Crippen LogP contribution < -0.4 is 10.2 Å². The standard InChI is InChI=1S/C22H26N2O2/c1-16-18-11-10-17-8-3-4-9-19(17)21(18)26-20(16)22(25)23-12-7-15-24-13-5-2-6-14-24/h3-4,8-11H,2,5-7,12-15H2,1H3,(H,23,25)/p+1. The molecule has 1 aliphatic rings. The maximum Gasteiger partial charge on any atom is 0.287 e. The van der Waals surface area contributed by atoms with E-state index in [4.69, 9.17) is 4.42 Å². The summed E-state index contributed by atoms with van der Waals surface area (Å²) in [4.78, 5) is 14.3. The molecule has 136 valence electrons. The predicted octanol–water partition coefficient (Wildman–Crippen LogP) is 3.08. The third-order valence-electron chi connectivity index (χ3n) is 5.59. The lowest BCUT2D eigenvalue weighted by molar-refractivity contribution is -0.904. The molecule has 3 aromatic rings. The quantitative estimate of drug-likeness (QED) is 0.694. The number of aryl methyl sites for hydroxylation is 1. The van der Waals surface area contributed by atoms with Crippen molar-refractivity contribution in [2.75, 3.05) is 26.2 Å². The van der Waals surface area contributed by atoms with E-state index in [1.54, 1.807) is 4.90 Å². The molecule has 0 radical (unpaired) electrons. The summed E-state index contributed by atoms with van der Waals surface area (Å²) >= 11 is 0. The molecule has 0 atom stereocenters. The molecule has 0 unspecified atom stereocenters. The number of furan rings is 1. The normalized spacial score (nSPS) is 15.6. The Morgan fingerprint density at radius 1 is 1.08 bits per heavy atom. The number of hydrogen-bond acceptors (Lipinski definition) is 2. The summed E-state index contributed by atoms with van der Waals surface area (Å²) in [5, 5.41) is 6.25. The van der Waals surface area contributed by atoms with Gasteiger partial charge in [-0.05, 0) is 31.6 Å². The maximum atomic E-state index is 12.6. The first-order valence-corrected chi connectivity index (χ1v) is 9.76. The molecule has 1 amide bonds. The Bertz CT molecular complexity index is 922. The van der Waals surface area contributed by atoms with Crippen LogP contribution in [0, 0.1) is 6.92 Å². The third-order valence-corrected chi connectivity index (χ3v) is 5.59. The van der Waals surface area contributed by atoms with Crippen molar-refractivity contribution in [3.8, 4) is 0 Å². The molecule has 0 saturated carbocycles. The molecular weight excluding hydrogens is 324 g/mol. The molecule has 1 aliphatic heterocycles. The summed E-state index contributed by atoms with van der Waals surface area (Å²) in [5.41, 5.74) is 1.73. The summed E-state index contributed by atoms with van der Waals surface area (Å²) < 4.78 is 6.00. The van der Waals surface area contributed by atoms with Gasteiger partial charge < -0.3 is 14.6 Å². The summed E-state index contributed by atoms with van der Waals surface area (Å²) in [5.74, 6) is 0.345. The van der Waals surface area contributed by atoms with E-state index in [0.717, 1.165) is 40.3 Å². The Hall–Kier alpha value is -2.33. The molecule has 1 saturated heterocycles. The highest BCUT2D eigenvalue weighted by atomic mass is 16.3. The molecule has 4 rings (SSSR count). The first-order valence-electron chi connectivity index (χ1n) is 9.76. The molecule has 0 bridgehead atoms. The van der Waals surface area contributed by atoms with Crippen LogP contribution in [0.1, 0.15) is 41.8 Å². The van der Waals surface area contributed by atoms with Gasteiger partial charge in [0.2, 0.25) is 0 Å². The zero-order chi connectivity index (χ0) is 17.9. The number of quaternary nitrogens is 1. The summed E-state index contributed by atoms with van der Waals surface area (Å²) in [7, 11) is 0. The van der Waals surface area contributed by atoms with E-state index in [1.807, 2.05) is 31.2 Å². The van der Waals surface area contributed by atoms with Gasteiger partial charge in [0.05, 0.1) is 19.6 Å². The van der Waals surface area contributed by atoms with Gasteiger partial charge in [-0.25, -0.2) is 0 Å². The van der Waals surface area contributed by atoms with Crippen LogP contribution in [0.15, 0.2) is 40.8 Å². The van der Waals surface area contributed by atoms with Crippen molar-refractivity contribution >= 4 is 27.6 Å².